The van der Waals surface area contributed by atoms with E-state index in [0.29, 0.717) is 5.69 Å². The Balaban J connectivity index is 2.25. The fraction of sp³-hybridized carbons (Fsp3) is 0.333. The molecule has 0 radical (unpaired) electrons. The molecule has 1 aromatic rings. The molecule has 1 heterocycles. The summed E-state index contributed by atoms with van der Waals surface area (Å²) in [7, 11) is -2.66. The van der Waals surface area contributed by atoms with Gasteiger partial charge in [0.25, 0.3) is 0 Å². The van der Waals surface area contributed by atoms with Gasteiger partial charge in [0.2, 0.25) is 21.8 Å². The monoisotopic (exact) mass is 331 g/mol. The lowest BCUT2D eigenvalue weighted by Crippen LogP contribution is -2.52. The van der Waals surface area contributed by atoms with Crippen LogP contribution in [0.3, 0.4) is 0 Å². The summed E-state index contributed by atoms with van der Waals surface area (Å²) in [4.78, 5) is 24.0. The lowest BCUT2D eigenvalue weighted by atomic mass is 10.1. The van der Waals surface area contributed by atoms with E-state index in [0.717, 1.165) is 4.90 Å². The van der Waals surface area contributed by atoms with E-state index in [1.807, 2.05) is 0 Å². The van der Waals surface area contributed by atoms with E-state index in [4.69, 9.17) is 17.3 Å². The van der Waals surface area contributed by atoms with Gasteiger partial charge in [-0.25, -0.2) is 8.42 Å². The first kappa shape index (κ1) is 15.7. The average molecular weight is 332 g/mol. The molecule has 2 rings (SSSR count). The zero-order chi connectivity index (χ0) is 15.8. The van der Waals surface area contributed by atoms with Crippen LogP contribution in [0.5, 0.6) is 0 Å². The summed E-state index contributed by atoms with van der Waals surface area (Å²) in [5.41, 5.74) is 5.84. The van der Waals surface area contributed by atoms with Gasteiger partial charge in [0.05, 0.1) is 5.02 Å². The zero-order valence-electron chi connectivity index (χ0n) is 11.2. The quantitative estimate of drug-likeness (QED) is 0.613. The highest BCUT2D eigenvalue weighted by atomic mass is 35.5. The van der Waals surface area contributed by atoms with Crippen LogP contribution in [0.1, 0.15) is 12.8 Å². The Morgan fingerprint density at radius 2 is 2.05 bits per heavy atom. The third-order valence-electron chi connectivity index (χ3n) is 3.19. The molecule has 0 aromatic heterocycles. The fourth-order valence-corrected chi connectivity index (χ4v) is 3.79. The first-order valence-corrected chi connectivity index (χ1v) is 7.96. The second-order valence-electron chi connectivity index (χ2n) is 4.69. The third-order valence-corrected chi connectivity index (χ3v) is 5.15. The van der Waals surface area contributed by atoms with Crippen LogP contribution in [-0.2, 0) is 19.6 Å². The summed E-state index contributed by atoms with van der Waals surface area (Å²) in [5.74, 6) is -0.914. The molecule has 114 valence electrons. The van der Waals surface area contributed by atoms with Gasteiger partial charge in [0.1, 0.15) is 10.9 Å². The minimum atomic E-state index is -3.98. The number of carbonyl (C=O) groups is 2. The molecule has 2 amide bonds. The maximum atomic E-state index is 12.3. The summed E-state index contributed by atoms with van der Waals surface area (Å²) < 4.78 is 26.8. The van der Waals surface area contributed by atoms with E-state index in [1.54, 1.807) is 0 Å². The standard InChI is InChI=1S/C12H14ClN3O4S/c1-16-11(17)5-3-9(12(16)18)15-21(19,20)10-4-2-7(14)6-8(10)13/h2,4,6,9,15H,3,5,14H2,1H3. The third kappa shape index (κ3) is 3.17. The van der Waals surface area contributed by atoms with Gasteiger partial charge in [0.15, 0.2) is 0 Å². The predicted molar refractivity (Wildman–Crippen MR) is 77.0 cm³/mol. The number of hydrogen-bond donors (Lipinski definition) is 2. The number of piperidine rings is 1. The molecule has 7 nitrogen and oxygen atoms in total. The van der Waals surface area contributed by atoms with E-state index in [2.05, 4.69) is 4.72 Å². The van der Waals surface area contributed by atoms with Crippen molar-refractivity contribution in [1.29, 1.82) is 0 Å². The SMILES string of the molecule is CN1C(=O)CCC(NS(=O)(=O)c2ccc(N)cc2Cl)C1=O. The molecule has 0 bridgehead atoms. The second-order valence-corrected chi connectivity index (χ2v) is 6.78. The van der Waals surface area contributed by atoms with Crippen LogP contribution in [0.4, 0.5) is 5.69 Å². The highest BCUT2D eigenvalue weighted by Gasteiger charge is 2.35. The Labute approximate surface area is 127 Å². The predicted octanol–water partition coefficient (Wildman–Crippen LogP) is 0.348. The Kier molecular flexibility index (Phi) is 4.22. The molecule has 0 aliphatic carbocycles. The highest BCUT2D eigenvalue weighted by molar-refractivity contribution is 7.89. The average Bonchev–Trinajstić information content (AvgIpc) is 2.39. The first-order chi connectivity index (χ1) is 9.72. The molecule has 9 heteroatoms. The molecule has 1 fully saturated rings. The summed E-state index contributed by atoms with van der Waals surface area (Å²) in [6.45, 7) is 0. The van der Waals surface area contributed by atoms with E-state index in [9.17, 15) is 18.0 Å². The molecule has 1 aliphatic heterocycles. The Morgan fingerprint density at radius 3 is 2.67 bits per heavy atom. The van der Waals surface area contributed by atoms with Crippen molar-refractivity contribution in [2.24, 2.45) is 0 Å². The van der Waals surface area contributed by atoms with Crippen molar-refractivity contribution in [2.75, 3.05) is 12.8 Å². The number of nitrogens with two attached hydrogens (primary N) is 1. The number of nitrogens with one attached hydrogen (secondary N) is 1. The Bertz CT molecular complexity index is 704. The summed E-state index contributed by atoms with van der Waals surface area (Å²) in [6.07, 6.45) is 0.221. The van der Waals surface area contributed by atoms with Crippen molar-refractivity contribution < 1.29 is 18.0 Å². The van der Waals surface area contributed by atoms with Crippen LogP contribution in [0.2, 0.25) is 5.02 Å². The molecule has 21 heavy (non-hydrogen) atoms. The number of carbonyl (C=O) groups excluding carboxylic acids is 2. The fourth-order valence-electron chi connectivity index (χ4n) is 2.01. The van der Waals surface area contributed by atoms with Crippen LogP contribution in [-0.4, -0.2) is 38.2 Å². The molecule has 0 spiro atoms. The minimum Gasteiger partial charge on any atom is -0.399 e. The maximum absolute atomic E-state index is 12.3. The number of imide groups is 1. The summed E-state index contributed by atoms with van der Waals surface area (Å²) in [5, 5.41) is -0.0322. The van der Waals surface area contributed by atoms with Crippen molar-refractivity contribution >= 4 is 39.1 Å². The van der Waals surface area contributed by atoms with E-state index in [-0.39, 0.29) is 28.7 Å². The number of sulfonamides is 1. The maximum Gasteiger partial charge on any atom is 0.247 e. The van der Waals surface area contributed by atoms with Gasteiger partial charge in [-0.1, -0.05) is 11.6 Å². The van der Waals surface area contributed by atoms with Gasteiger partial charge in [0, 0.05) is 19.2 Å². The minimum absolute atomic E-state index is 0.0322. The number of nitrogen functional groups attached to an aromatic ring is 1. The Hall–Kier alpha value is -1.64. The first-order valence-electron chi connectivity index (χ1n) is 6.10. The lowest BCUT2D eigenvalue weighted by Gasteiger charge is -2.28. The number of anilines is 1. The number of likely N-dealkylation sites (tertiary alicyclic amines) is 1. The molecular formula is C12H14ClN3O4S. The van der Waals surface area contributed by atoms with Gasteiger partial charge in [-0.15, -0.1) is 0 Å². The smallest absolute Gasteiger partial charge is 0.247 e. The van der Waals surface area contributed by atoms with Crippen LogP contribution in [0, 0.1) is 0 Å². The molecule has 0 saturated carbocycles. The number of likely N-dealkylation sites (N-methyl/N-ethyl adjacent to an activating group) is 1. The molecular weight excluding hydrogens is 318 g/mol. The summed E-state index contributed by atoms with van der Waals surface area (Å²) in [6, 6.07) is 3.00. The molecule has 1 unspecified atom stereocenters. The van der Waals surface area contributed by atoms with Crippen LogP contribution >= 0.6 is 11.6 Å². The normalized spacial score (nSPS) is 19.9. The molecule has 1 aromatic carbocycles. The highest BCUT2D eigenvalue weighted by Crippen LogP contribution is 2.24. The number of nitrogens with zero attached hydrogens (tertiary/aromatic N) is 1. The molecule has 1 aliphatic rings. The van der Waals surface area contributed by atoms with Crippen molar-refractivity contribution in [3.05, 3.63) is 23.2 Å². The van der Waals surface area contributed by atoms with E-state index < -0.39 is 22.0 Å². The van der Waals surface area contributed by atoms with Gasteiger partial charge in [-0.05, 0) is 24.6 Å². The molecule has 3 N–H and O–H groups in total. The van der Waals surface area contributed by atoms with Crippen molar-refractivity contribution in [1.82, 2.24) is 9.62 Å². The van der Waals surface area contributed by atoms with Gasteiger partial charge >= 0.3 is 0 Å². The van der Waals surface area contributed by atoms with E-state index >= 15 is 0 Å². The zero-order valence-corrected chi connectivity index (χ0v) is 12.7. The number of amides is 2. The van der Waals surface area contributed by atoms with Gasteiger partial charge in [-0.2, -0.15) is 4.72 Å². The molecule has 1 saturated heterocycles. The number of rotatable bonds is 3. The van der Waals surface area contributed by atoms with Crippen molar-refractivity contribution in [3.8, 4) is 0 Å². The van der Waals surface area contributed by atoms with Crippen molar-refractivity contribution in [3.63, 3.8) is 0 Å². The number of hydrogen-bond acceptors (Lipinski definition) is 5. The molecule has 1 atom stereocenters. The Morgan fingerprint density at radius 1 is 1.38 bits per heavy atom. The number of halogens is 1. The lowest BCUT2D eigenvalue weighted by molar-refractivity contribution is -0.147. The topological polar surface area (TPSA) is 110 Å². The second kappa shape index (κ2) is 5.63. The van der Waals surface area contributed by atoms with Crippen LogP contribution < -0.4 is 10.5 Å². The number of benzene rings is 1. The van der Waals surface area contributed by atoms with Gasteiger partial charge < -0.3 is 5.73 Å². The van der Waals surface area contributed by atoms with Crippen LogP contribution in [0.25, 0.3) is 0 Å². The van der Waals surface area contributed by atoms with Crippen LogP contribution in [0.15, 0.2) is 23.1 Å². The summed E-state index contributed by atoms with van der Waals surface area (Å²) >= 11 is 5.87. The van der Waals surface area contributed by atoms with Crippen molar-refractivity contribution in [2.45, 2.75) is 23.8 Å². The largest absolute Gasteiger partial charge is 0.399 e. The van der Waals surface area contributed by atoms with Gasteiger partial charge in [-0.3, -0.25) is 14.5 Å². The van der Waals surface area contributed by atoms with E-state index in [1.165, 1.54) is 25.2 Å².